The van der Waals surface area contributed by atoms with Crippen LogP contribution in [0.25, 0.3) is 0 Å². The molecule has 0 radical (unpaired) electrons. The van der Waals surface area contributed by atoms with Crippen LogP contribution in [0.4, 0.5) is 0 Å². The van der Waals surface area contributed by atoms with Crippen molar-refractivity contribution in [3.8, 4) is 0 Å². The molecule has 0 aromatic heterocycles. The zero-order valence-corrected chi connectivity index (χ0v) is 15.7. The highest BCUT2D eigenvalue weighted by atomic mass is 16.5. The molecule has 1 saturated heterocycles. The minimum Gasteiger partial charge on any atom is -0.387 e. The summed E-state index contributed by atoms with van der Waals surface area (Å²) in [6, 6.07) is 10.2. The molecule has 5 nitrogen and oxygen atoms in total. The summed E-state index contributed by atoms with van der Waals surface area (Å²) in [5.41, 5.74) is 0.250. The Morgan fingerprint density at radius 2 is 1.92 bits per heavy atom. The van der Waals surface area contributed by atoms with Gasteiger partial charge in [-0.3, -0.25) is 9.69 Å². The van der Waals surface area contributed by atoms with Crippen molar-refractivity contribution in [1.29, 1.82) is 0 Å². The van der Waals surface area contributed by atoms with Crippen molar-refractivity contribution in [3.05, 3.63) is 35.9 Å². The molecule has 25 heavy (non-hydrogen) atoms. The van der Waals surface area contributed by atoms with E-state index < -0.39 is 5.60 Å². The average Bonchev–Trinajstić information content (AvgIpc) is 2.59. The minimum absolute atomic E-state index is 0.00944. The maximum Gasteiger partial charge on any atom is 0.220 e. The number of carbonyl (C=O) groups excluding carboxylic acids is 1. The topological polar surface area (TPSA) is 61.8 Å². The van der Waals surface area contributed by atoms with Crippen LogP contribution in [0.3, 0.4) is 0 Å². The van der Waals surface area contributed by atoms with Gasteiger partial charge in [0.25, 0.3) is 0 Å². The Morgan fingerprint density at radius 3 is 2.52 bits per heavy atom. The summed E-state index contributed by atoms with van der Waals surface area (Å²) in [7, 11) is 0. The van der Waals surface area contributed by atoms with Crippen molar-refractivity contribution in [2.24, 2.45) is 5.92 Å². The zero-order valence-electron chi connectivity index (χ0n) is 15.7. The predicted octanol–water partition coefficient (Wildman–Crippen LogP) is 2.02. The van der Waals surface area contributed by atoms with Crippen molar-refractivity contribution >= 4 is 5.91 Å². The first-order valence-electron chi connectivity index (χ1n) is 9.21. The molecule has 1 aromatic rings. The number of carbonyl (C=O) groups is 1. The van der Waals surface area contributed by atoms with Crippen LogP contribution in [0, 0.1) is 5.92 Å². The molecule has 0 saturated carbocycles. The number of hydrogen-bond donors (Lipinski definition) is 2. The smallest absolute Gasteiger partial charge is 0.220 e. The van der Waals surface area contributed by atoms with Gasteiger partial charge in [0.1, 0.15) is 0 Å². The number of nitrogens with zero attached hydrogens (tertiary/aromatic N) is 1. The van der Waals surface area contributed by atoms with Crippen LogP contribution in [-0.2, 0) is 9.53 Å². The third kappa shape index (κ3) is 6.77. The van der Waals surface area contributed by atoms with E-state index in [4.69, 9.17) is 4.74 Å². The van der Waals surface area contributed by atoms with Gasteiger partial charge < -0.3 is 15.2 Å². The Kier molecular flexibility index (Phi) is 7.41. The van der Waals surface area contributed by atoms with Gasteiger partial charge in [0.2, 0.25) is 5.91 Å². The van der Waals surface area contributed by atoms with Crippen LogP contribution >= 0.6 is 0 Å². The van der Waals surface area contributed by atoms with E-state index in [1.165, 1.54) is 5.56 Å². The van der Waals surface area contributed by atoms with E-state index in [1.807, 2.05) is 18.2 Å². The van der Waals surface area contributed by atoms with Crippen LogP contribution in [0.2, 0.25) is 0 Å². The Morgan fingerprint density at radius 1 is 1.28 bits per heavy atom. The number of hydrogen-bond acceptors (Lipinski definition) is 4. The van der Waals surface area contributed by atoms with Gasteiger partial charge in [-0.2, -0.15) is 0 Å². The number of β-amino-alcohol motifs (C(OH)–C–C–N with tert-alkyl or cyclic N) is 1. The molecule has 0 bridgehead atoms. The van der Waals surface area contributed by atoms with E-state index in [1.54, 1.807) is 6.92 Å². The Bertz CT molecular complexity index is 525. The van der Waals surface area contributed by atoms with Crippen molar-refractivity contribution < 1.29 is 14.6 Å². The number of benzene rings is 1. The SMILES string of the molecule is CC(C)C(CC(=O)NCC(C)(O)CN1CCOCC1)c1ccccc1. The van der Waals surface area contributed by atoms with Crippen LogP contribution in [0.5, 0.6) is 0 Å². The Balaban J connectivity index is 1.83. The number of aliphatic hydroxyl groups is 1. The fourth-order valence-corrected chi connectivity index (χ4v) is 3.30. The lowest BCUT2D eigenvalue weighted by Gasteiger charge is -2.34. The van der Waals surface area contributed by atoms with Gasteiger partial charge in [0.05, 0.1) is 18.8 Å². The van der Waals surface area contributed by atoms with E-state index in [0.29, 0.717) is 32.1 Å². The number of morpholine rings is 1. The first kappa shape index (κ1) is 19.9. The number of amides is 1. The van der Waals surface area contributed by atoms with E-state index in [-0.39, 0.29) is 18.4 Å². The zero-order chi connectivity index (χ0) is 18.3. The Hall–Kier alpha value is -1.43. The van der Waals surface area contributed by atoms with Crippen molar-refractivity contribution in [2.45, 2.75) is 38.7 Å². The highest BCUT2D eigenvalue weighted by Crippen LogP contribution is 2.27. The number of nitrogens with one attached hydrogen (secondary N) is 1. The molecule has 140 valence electrons. The average molecular weight is 348 g/mol. The second kappa shape index (κ2) is 9.32. The molecule has 0 aliphatic carbocycles. The first-order chi connectivity index (χ1) is 11.9. The third-order valence-electron chi connectivity index (χ3n) is 4.77. The molecule has 1 amide bonds. The number of ether oxygens (including phenoxy) is 1. The largest absolute Gasteiger partial charge is 0.387 e. The summed E-state index contributed by atoms with van der Waals surface area (Å²) < 4.78 is 5.33. The maximum absolute atomic E-state index is 12.4. The third-order valence-corrected chi connectivity index (χ3v) is 4.77. The van der Waals surface area contributed by atoms with Gasteiger partial charge in [0.15, 0.2) is 0 Å². The van der Waals surface area contributed by atoms with E-state index in [9.17, 15) is 9.90 Å². The van der Waals surface area contributed by atoms with Crippen molar-refractivity contribution in [2.75, 3.05) is 39.4 Å². The molecule has 2 unspecified atom stereocenters. The molecule has 1 aliphatic heterocycles. The molecule has 2 rings (SSSR count). The number of rotatable bonds is 8. The summed E-state index contributed by atoms with van der Waals surface area (Å²) in [4.78, 5) is 14.6. The fraction of sp³-hybridized carbons (Fsp3) is 0.650. The monoisotopic (exact) mass is 348 g/mol. The molecule has 2 N–H and O–H groups in total. The van der Waals surface area contributed by atoms with Crippen LogP contribution < -0.4 is 5.32 Å². The van der Waals surface area contributed by atoms with Crippen molar-refractivity contribution in [1.82, 2.24) is 10.2 Å². The van der Waals surface area contributed by atoms with Gasteiger partial charge in [-0.25, -0.2) is 0 Å². The maximum atomic E-state index is 12.4. The summed E-state index contributed by atoms with van der Waals surface area (Å²) in [5.74, 6) is 0.553. The fourth-order valence-electron chi connectivity index (χ4n) is 3.30. The van der Waals surface area contributed by atoms with Crippen LogP contribution in [0.1, 0.15) is 38.7 Å². The molecule has 5 heteroatoms. The molecule has 1 heterocycles. The second-order valence-corrected chi connectivity index (χ2v) is 7.63. The van der Waals surface area contributed by atoms with E-state index >= 15 is 0 Å². The normalized spacial score (nSPS) is 19.4. The highest BCUT2D eigenvalue weighted by Gasteiger charge is 2.27. The summed E-state index contributed by atoms with van der Waals surface area (Å²) >= 11 is 0. The standard InChI is InChI=1S/C20H32N2O3/c1-16(2)18(17-7-5-4-6-8-17)13-19(23)21-14-20(3,24)15-22-9-11-25-12-10-22/h4-8,16,18,24H,9-15H2,1-3H3,(H,21,23). The first-order valence-corrected chi connectivity index (χ1v) is 9.21. The lowest BCUT2D eigenvalue weighted by atomic mass is 9.85. The summed E-state index contributed by atoms with van der Waals surface area (Å²) in [6.45, 7) is 9.93. The molecule has 1 fully saturated rings. The van der Waals surface area contributed by atoms with Gasteiger partial charge in [-0.05, 0) is 24.3 Å². The van der Waals surface area contributed by atoms with Gasteiger partial charge in [0, 0.05) is 32.6 Å². The molecule has 1 aromatic carbocycles. The summed E-state index contributed by atoms with van der Waals surface area (Å²) in [5, 5.41) is 13.5. The Labute approximate surface area is 151 Å². The van der Waals surface area contributed by atoms with E-state index in [2.05, 4.69) is 36.2 Å². The molecular formula is C20H32N2O3. The van der Waals surface area contributed by atoms with Gasteiger partial charge >= 0.3 is 0 Å². The lowest BCUT2D eigenvalue weighted by Crippen LogP contribution is -2.51. The highest BCUT2D eigenvalue weighted by molar-refractivity contribution is 5.77. The van der Waals surface area contributed by atoms with Crippen LogP contribution in [-0.4, -0.2) is 60.9 Å². The second-order valence-electron chi connectivity index (χ2n) is 7.63. The quantitative estimate of drug-likeness (QED) is 0.754. The molecule has 0 spiro atoms. The molecular weight excluding hydrogens is 316 g/mol. The van der Waals surface area contributed by atoms with E-state index in [0.717, 1.165) is 13.1 Å². The summed E-state index contributed by atoms with van der Waals surface area (Å²) in [6.07, 6.45) is 0.440. The predicted molar refractivity (Wildman–Crippen MR) is 99.5 cm³/mol. The lowest BCUT2D eigenvalue weighted by molar-refractivity contribution is -0.123. The van der Waals surface area contributed by atoms with Crippen LogP contribution in [0.15, 0.2) is 30.3 Å². The minimum atomic E-state index is -0.937. The van der Waals surface area contributed by atoms with Gasteiger partial charge in [-0.15, -0.1) is 0 Å². The molecule has 1 aliphatic rings. The van der Waals surface area contributed by atoms with Gasteiger partial charge in [-0.1, -0.05) is 44.2 Å². The van der Waals surface area contributed by atoms with Crippen molar-refractivity contribution in [3.63, 3.8) is 0 Å². The molecule has 2 atom stereocenters.